The van der Waals surface area contributed by atoms with Gasteiger partial charge in [-0.25, -0.2) is 4.39 Å². The van der Waals surface area contributed by atoms with E-state index in [0.717, 1.165) is 25.8 Å². The lowest BCUT2D eigenvalue weighted by molar-refractivity contribution is 0.232. The van der Waals surface area contributed by atoms with Crippen LogP contribution in [0.1, 0.15) is 30.4 Å². The van der Waals surface area contributed by atoms with Crippen molar-refractivity contribution in [2.24, 2.45) is 0 Å². The van der Waals surface area contributed by atoms with Gasteiger partial charge in [-0.15, -0.1) is 0 Å². The van der Waals surface area contributed by atoms with Crippen LogP contribution in [0, 0.1) is 28.5 Å². The van der Waals surface area contributed by atoms with Gasteiger partial charge in [-0.05, 0) is 25.5 Å². The molecule has 26 heavy (non-hydrogen) atoms. The van der Waals surface area contributed by atoms with Crippen molar-refractivity contribution in [3.05, 3.63) is 41.2 Å². The number of piperidine rings is 1. The van der Waals surface area contributed by atoms with Crippen molar-refractivity contribution in [1.29, 1.82) is 10.5 Å². The lowest BCUT2D eigenvalue weighted by Gasteiger charge is -2.23. The second-order valence-electron chi connectivity index (χ2n) is 6.09. The number of nitrogens with two attached hydrogens (primary N) is 1. The molecule has 2 aromatic rings. The van der Waals surface area contributed by atoms with Gasteiger partial charge in [0.2, 0.25) is 5.88 Å². The highest BCUT2D eigenvalue weighted by Gasteiger charge is 2.24. The van der Waals surface area contributed by atoms with E-state index in [1.165, 1.54) is 18.2 Å². The Bertz CT molecular complexity index is 894. The number of hydrogen-bond donors (Lipinski definition) is 2. The molecule has 1 unspecified atom stereocenters. The van der Waals surface area contributed by atoms with Crippen LogP contribution in [0.3, 0.4) is 0 Å². The van der Waals surface area contributed by atoms with Crippen LogP contribution in [0.4, 0.5) is 10.2 Å². The number of pyridine rings is 1. The minimum atomic E-state index is -0.550. The predicted molar refractivity (Wildman–Crippen MR) is 94.6 cm³/mol. The number of nitrogen functional groups attached to an aromatic ring is 1. The number of nitrogens with one attached hydrogen (secondary N) is 1. The maximum absolute atomic E-state index is 14.3. The highest BCUT2D eigenvalue weighted by atomic mass is 19.1. The Kier molecular flexibility index (Phi) is 5.31. The van der Waals surface area contributed by atoms with Crippen LogP contribution in [0.25, 0.3) is 11.1 Å². The van der Waals surface area contributed by atoms with Gasteiger partial charge in [0.05, 0.1) is 0 Å². The molecule has 0 bridgehead atoms. The molecule has 1 fully saturated rings. The SMILES string of the molecule is N#Cc1c(N)nc(OCC2CCCCN2)c(C#N)c1-c1ccccc1F. The molecule has 0 amide bonds. The molecule has 3 N–H and O–H groups in total. The molecule has 3 rings (SSSR count). The Hall–Kier alpha value is -3.16. The first-order valence-corrected chi connectivity index (χ1v) is 8.40. The van der Waals surface area contributed by atoms with Crippen LogP contribution >= 0.6 is 0 Å². The first-order chi connectivity index (χ1) is 12.7. The molecule has 0 radical (unpaired) electrons. The number of benzene rings is 1. The van der Waals surface area contributed by atoms with Crippen molar-refractivity contribution in [3.8, 4) is 29.1 Å². The number of hydrogen-bond acceptors (Lipinski definition) is 6. The molecule has 0 saturated carbocycles. The van der Waals surface area contributed by atoms with E-state index in [9.17, 15) is 14.9 Å². The summed E-state index contributed by atoms with van der Waals surface area (Å²) >= 11 is 0. The predicted octanol–water partition coefficient (Wildman–Crippen LogP) is 2.73. The fourth-order valence-electron chi connectivity index (χ4n) is 3.08. The van der Waals surface area contributed by atoms with Crippen molar-refractivity contribution in [2.45, 2.75) is 25.3 Å². The lowest BCUT2D eigenvalue weighted by Crippen LogP contribution is -2.38. The van der Waals surface area contributed by atoms with Gasteiger partial charge in [-0.2, -0.15) is 15.5 Å². The second-order valence-corrected chi connectivity index (χ2v) is 6.09. The molecule has 0 aliphatic carbocycles. The molecule has 1 aromatic heterocycles. The van der Waals surface area contributed by atoms with Crippen molar-refractivity contribution in [1.82, 2.24) is 10.3 Å². The summed E-state index contributed by atoms with van der Waals surface area (Å²) in [5.41, 5.74) is 6.11. The maximum atomic E-state index is 14.3. The number of halogens is 1. The van der Waals surface area contributed by atoms with Crippen molar-refractivity contribution >= 4 is 5.82 Å². The Morgan fingerprint density at radius 2 is 2.00 bits per heavy atom. The second kappa shape index (κ2) is 7.81. The van der Waals surface area contributed by atoms with Gasteiger partial charge in [0.25, 0.3) is 0 Å². The number of rotatable bonds is 4. The van der Waals surface area contributed by atoms with E-state index in [4.69, 9.17) is 10.5 Å². The molecule has 132 valence electrons. The minimum absolute atomic E-state index is 0.0108. The van der Waals surface area contributed by atoms with Gasteiger partial charge in [-0.1, -0.05) is 24.6 Å². The van der Waals surface area contributed by atoms with Crippen molar-refractivity contribution in [2.75, 3.05) is 18.9 Å². The van der Waals surface area contributed by atoms with Crippen molar-refractivity contribution < 1.29 is 9.13 Å². The van der Waals surface area contributed by atoms with Crippen LogP contribution in [-0.4, -0.2) is 24.2 Å². The molecule has 0 spiro atoms. The largest absolute Gasteiger partial charge is 0.475 e. The van der Waals surface area contributed by atoms with E-state index in [-0.39, 0.29) is 40.0 Å². The summed E-state index contributed by atoms with van der Waals surface area (Å²) in [6.07, 6.45) is 3.20. The van der Waals surface area contributed by atoms with Crippen LogP contribution in [0.15, 0.2) is 24.3 Å². The monoisotopic (exact) mass is 351 g/mol. The van der Waals surface area contributed by atoms with E-state index < -0.39 is 5.82 Å². The smallest absolute Gasteiger partial charge is 0.234 e. The summed E-state index contributed by atoms with van der Waals surface area (Å²) < 4.78 is 20.1. The molecular weight excluding hydrogens is 333 g/mol. The average molecular weight is 351 g/mol. The molecule has 1 atom stereocenters. The zero-order chi connectivity index (χ0) is 18.5. The Balaban J connectivity index is 2.05. The van der Waals surface area contributed by atoms with E-state index in [1.54, 1.807) is 6.07 Å². The number of nitriles is 2. The van der Waals surface area contributed by atoms with E-state index in [0.29, 0.717) is 6.61 Å². The first kappa shape index (κ1) is 17.7. The zero-order valence-corrected chi connectivity index (χ0v) is 14.1. The lowest BCUT2D eigenvalue weighted by atomic mass is 9.96. The van der Waals surface area contributed by atoms with E-state index in [1.807, 2.05) is 12.1 Å². The topological polar surface area (TPSA) is 108 Å². The number of anilines is 1. The zero-order valence-electron chi connectivity index (χ0n) is 14.1. The van der Waals surface area contributed by atoms with Gasteiger partial charge in [-0.3, -0.25) is 0 Å². The molecular formula is C19H18FN5O. The van der Waals surface area contributed by atoms with Gasteiger partial charge in [0, 0.05) is 17.2 Å². The molecule has 7 heteroatoms. The standard InChI is InChI=1S/C19H18FN5O/c20-16-7-2-1-6-13(16)17-14(9-21)18(23)25-19(15(17)10-22)26-11-12-5-3-4-8-24-12/h1-2,6-7,12,24H,3-5,8,11H2,(H2,23,25). The molecule has 1 aliphatic heterocycles. The number of ether oxygens (including phenoxy) is 1. The fraction of sp³-hybridized carbons (Fsp3) is 0.316. The summed E-state index contributed by atoms with van der Waals surface area (Å²) in [6.45, 7) is 1.24. The summed E-state index contributed by atoms with van der Waals surface area (Å²) in [6, 6.07) is 10.0. The third kappa shape index (κ3) is 3.44. The van der Waals surface area contributed by atoms with E-state index >= 15 is 0 Å². The van der Waals surface area contributed by atoms with Gasteiger partial charge in [0.1, 0.15) is 41.5 Å². The van der Waals surface area contributed by atoms with Crippen LogP contribution in [0.5, 0.6) is 5.88 Å². The average Bonchev–Trinajstić information content (AvgIpc) is 2.67. The van der Waals surface area contributed by atoms with Gasteiger partial charge < -0.3 is 15.8 Å². The first-order valence-electron chi connectivity index (χ1n) is 8.40. The number of nitrogens with zero attached hydrogens (tertiary/aromatic N) is 3. The van der Waals surface area contributed by atoms with Crippen LogP contribution in [0.2, 0.25) is 0 Å². The van der Waals surface area contributed by atoms with E-state index in [2.05, 4.69) is 10.3 Å². The van der Waals surface area contributed by atoms with Crippen LogP contribution in [-0.2, 0) is 0 Å². The van der Waals surface area contributed by atoms with Gasteiger partial charge in [0.15, 0.2) is 0 Å². The Morgan fingerprint density at radius 3 is 2.65 bits per heavy atom. The molecule has 1 saturated heterocycles. The molecule has 2 heterocycles. The third-order valence-electron chi connectivity index (χ3n) is 4.39. The van der Waals surface area contributed by atoms with Crippen LogP contribution < -0.4 is 15.8 Å². The summed E-state index contributed by atoms with van der Waals surface area (Å²) in [4.78, 5) is 4.08. The summed E-state index contributed by atoms with van der Waals surface area (Å²) in [5, 5.41) is 22.4. The highest BCUT2D eigenvalue weighted by Crippen LogP contribution is 2.36. The Morgan fingerprint density at radius 1 is 1.23 bits per heavy atom. The fourth-order valence-corrected chi connectivity index (χ4v) is 3.08. The molecule has 1 aromatic carbocycles. The number of aromatic nitrogens is 1. The van der Waals surface area contributed by atoms with Crippen molar-refractivity contribution in [3.63, 3.8) is 0 Å². The summed E-state index contributed by atoms with van der Waals surface area (Å²) in [5.74, 6) is -0.614. The molecule has 1 aliphatic rings. The summed E-state index contributed by atoms with van der Waals surface area (Å²) in [7, 11) is 0. The quantitative estimate of drug-likeness (QED) is 0.877. The normalized spacial score (nSPS) is 16.5. The third-order valence-corrected chi connectivity index (χ3v) is 4.39. The van der Waals surface area contributed by atoms with Gasteiger partial charge >= 0.3 is 0 Å². The minimum Gasteiger partial charge on any atom is -0.475 e. The Labute approximate surface area is 151 Å². The maximum Gasteiger partial charge on any atom is 0.234 e. The highest BCUT2D eigenvalue weighted by molar-refractivity contribution is 5.82. The molecule has 6 nitrogen and oxygen atoms in total.